The maximum absolute atomic E-state index is 12.6. The van der Waals surface area contributed by atoms with Crippen molar-refractivity contribution < 1.29 is 28.8 Å². The van der Waals surface area contributed by atoms with E-state index in [1.807, 2.05) is 91.0 Å². The summed E-state index contributed by atoms with van der Waals surface area (Å²) in [5, 5.41) is 12.3. The Labute approximate surface area is 211 Å². The predicted octanol–water partition coefficient (Wildman–Crippen LogP) is 4.79. The minimum absolute atomic E-state index is 0.0562. The number of hydrogen-bond acceptors (Lipinski definition) is 6. The van der Waals surface area contributed by atoms with Gasteiger partial charge in [0.25, 0.3) is 0 Å². The molecule has 0 spiro atoms. The zero-order chi connectivity index (χ0) is 25.4. The molecule has 1 N–H and O–H groups in total. The standard InChI is InChI=1S/C30H32O6/c1-4-33-25(31)20-24-26-27(35-28(2,3)34-26)30(24,32)36-29(21-14-8-5-9-15-21,22-16-10-6-11-17-22)23-18-12-7-13-19-23/h5-19,24,26-27,32H,4,20H2,1-3H3/t24-,26-,27-,30+/m0/s1. The highest BCUT2D eigenvalue weighted by Crippen LogP contribution is 2.57. The van der Waals surface area contributed by atoms with Crippen molar-refractivity contribution in [2.75, 3.05) is 6.61 Å². The van der Waals surface area contributed by atoms with Crippen LogP contribution in [0.5, 0.6) is 0 Å². The van der Waals surface area contributed by atoms with E-state index in [9.17, 15) is 9.90 Å². The topological polar surface area (TPSA) is 74.2 Å². The molecule has 2 aliphatic rings. The molecule has 1 aliphatic heterocycles. The van der Waals surface area contributed by atoms with Crippen molar-refractivity contribution in [2.24, 2.45) is 5.92 Å². The molecule has 0 radical (unpaired) electrons. The second-order valence-electron chi connectivity index (χ2n) is 9.77. The van der Waals surface area contributed by atoms with Gasteiger partial charge in [0.05, 0.1) is 18.9 Å². The summed E-state index contributed by atoms with van der Waals surface area (Å²) in [6, 6.07) is 29.4. The molecule has 5 rings (SSSR count). The third-order valence-corrected chi connectivity index (χ3v) is 7.01. The number of aliphatic hydroxyl groups is 1. The number of carbonyl (C=O) groups excluding carboxylic acids is 1. The molecule has 1 heterocycles. The molecule has 0 unspecified atom stereocenters. The van der Waals surface area contributed by atoms with Gasteiger partial charge in [-0.05, 0) is 37.5 Å². The second-order valence-corrected chi connectivity index (χ2v) is 9.77. The molecule has 4 atom stereocenters. The van der Waals surface area contributed by atoms with Crippen LogP contribution in [0.4, 0.5) is 0 Å². The Morgan fingerprint density at radius 2 is 1.33 bits per heavy atom. The molecule has 1 aliphatic carbocycles. The van der Waals surface area contributed by atoms with Gasteiger partial charge >= 0.3 is 5.97 Å². The zero-order valence-electron chi connectivity index (χ0n) is 20.8. The van der Waals surface area contributed by atoms with Crippen LogP contribution in [0.1, 0.15) is 43.9 Å². The molecule has 0 amide bonds. The van der Waals surface area contributed by atoms with Crippen LogP contribution in [0.2, 0.25) is 0 Å². The number of esters is 1. The summed E-state index contributed by atoms with van der Waals surface area (Å²) in [6.45, 7) is 5.61. The first-order valence-electron chi connectivity index (χ1n) is 12.4. The Kier molecular flexibility index (Phi) is 6.47. The molecular weight excluding hydrogens is 456 g/mol. The van der Waals surface area contributed by atoms with Crippen LogP contribution in [0, 0.1) is 5.92 Å². The van der Waals surface area contributed by atoms with Crippen molar-refractivity contribution in [2.45, 2.75) is 56.6 Å². The number of rotatable bonds is 8. The molecule has 2 fully saturated rings. The molecule has 6 nitrogen and oxygen atoms in total. The van der Waals surface area contributed by atoms with E-state index in [4.69, 9.17) is 18.9 Å². The Morgan fingerprint density at radius 3 is 1.78 bits per heavy atom. The third-order valence-electron chi connectivity index (χ3n) is 7.01. The van der Waals surface area contributed by atoms with Crippen molar-refractivity contribution in [3.8, 4) is 0 Å². The van der Waals surface area contributed by atoms with Gasteiger partial charge in [0.15, 0.2) is 5.79 Å². The summed E-state index contributed by atoms with van der Waals surface area (Å²) >= 11 is 0. The fourth-order valence-corrected chi connectivity index (χ4v) is 5.47. The lowest BCUT2D eigenvalue weighted by Crippen LogP contribution is -2.72. The summed E-state index contributed by atoms with van der Waals surface area (Å²) in [5.41, 5.74) is 1.33. The maximum Gasteiger partial charge on any atom is 0.306 e. The maximum atomic E-state index is 12.6. The first-order chi connectivity index (χ1) is 17.3. The average molecular weight is 489 g/mol. The lowest BCUT2D eigenvalue weighted by Gasteiger charge is -2.55. The molecule has 0 bridgehead atoms. The van der Waals surface area contributed by atoms with Crippen LogP contribution in [0.25, 0.3) is 0 Å². The Hall–Kier alpha value is -3.03. The van der Waals surface area contributed by atoms with Gasteiger partial charge in [-0.1, -0.05) is 91.0 Å². The van der Waals surface area contributed by atoms with Crippen molar-refractivity contribution in [3.05, 3.63) is 108 Å². The highest BCUT2D eigenvalue weighted by molar-refractivity contribution is 5.70. The predicted molar refractivity (Wildman–Crippen MR) is 134 cm³/mol. The summed E-state index contributed by atoms with van der Waals surface area (Å²) in [5.74, 6) is -3.85. The normalized spacial score (nSPS) is 26.6. The quantitative estimate of drug-likeness (QED) is 0.279. The smallest absolute Gasteiger partial charge is 0.306 e. The van der Waals surface area contributed by atoms with Gasteiger partial charge in [0.1, 0.15) is 17.8 Å². The number of benzene rings is 3. The van der Waals surface area contributed by atoms with Crippen molar-refractivity contribution in [3.63, 3.8) is 0 Å². The summed E-state index contributed by atoms with van der Waals surface area (Å²) in [4.78, 5) is 12.6. The van der Waals surface area contributed by atoms with Gasteiger partial charge in [-0.2, -0.15) is 0 Å². The molecular formula is C30H32O6. The molecule has 3 aromatic rings. The van der Waals surface area contributed by atoms with Crippen molar-refractivity contribution in [1.82, 2.24) is 0 Å². The van der Waals surface area contributed by atoms with Crippen molar-refractivity contribution in [1.29, 1.82) is 0 Å². The number of hydrogen-bond donors (Lipinski definition) is 1. The lowest BCUT2D eigenvalue weighted by atomic mass is 9.69. The van der Waals surface area contributed by atoms with Gasteiger partial charge in [-0.3, -0.25) is 4.79 Å². The lowest BCUT2D eigenvalue weighted by molar-refractivity contribution is -0.375. The summed E-state index contributed by atoms with van der Waals surface area (Å²) < 4.78 is 24.4. The van der Waals surface area contributed by atoms with Gasteiger partial charge in [0, 0.05) is 0 Å². The van der Waals surface area contributed by atoms with Gasteiger partial charge in [-0.25, -0.2) is 0 Å². The fourth-order valence-electron chi connectivity index (χ4n) is 5.47. The van der Waals surface area contributed by atoms with E-state index in [1.54, 1.807) is 20.8 Å². The van der Waals surface area contributed by atoms with E-state index in [0.717, 1.165) is 16.7 Å². The summed E-state index contributed by atoms with van der Waals surface area (Å²) in [7, 11) is 0. The monoisotopic (exact) mass is 488 g/mol. The molecule has 36 heavy (non-hydrogen) atoms. The Morgan fingerprint density at radius 1 is 0.861 bits per heavy atom. The third kappa shape index (κ3) is 4.14. The van der Waals surface area contributed by atoms with Crippen LogP contribution < -0.4 is 0 Å². The first kappa shape index (κ1) is 24.7. The van der Waals surface area contributed by atoms with E-state index in [0.29, 0.717) is 0 Å². The Balaban J connectivity index is 1.67. The SMILES string of the molecule is CCOC(=O)C[C@H]1[C@@H]2OC(C)(C)O[C@@H]2[C@]1(O)OC(c1ccccc1)(c1ccccc1)c1ccccc1. The molecule has 188 valence electrons. The fraction of sp³-hybridized carbons (Fsp3) is 0.367. The van der Waals surface area contributed by atoms with Gasteiger partial charge in [0.2, 0.25) is 5.79 Å². The van der Waals surface area contributed by atoms with Gasteiger partial charge < -0.3 is 24.1 Å². The highest BCUT2D eigenvalue weighted by Gasteiger charge is 2.72. The highest BCUT2D eigenvalue weighted by atomic mass is 16.8. The van der Waals surface area contributed by atoms with Crippen molar-refractivity contribution >= 4 is 5.97 Å². The minimum atomic E-state index is -1.83. The van der Waals surface area contributed by atoms with Gasteiger partial charge in [-0.15, -0.1) is 0 Å². The second kappa shape index (κ2) is 9.45. The minimum Gasteiger partial charge on any atom is -0.466 e. The summed E-state index contributed by atoms with van der Waals surface area (Å²) in [6.07, 6.45) is -1.34. The first-order valence-corrected chi connectivity index (χ1v) is 12.4. The van der Waals surface area contributed by atoms with E-state index >= 15 is 0 Å². The molecule has 3 aromatic carbocycles. The van der Waals surface area contributed by atoms with Crippen LogP contribution in [0.3, 0.4) is 0 Å². The zero-order valence-corrected chi connectivity index (χ0v) is 20.8. The van der Waals surface area contributed by atoms with E-state index < -0.39 is 41.3 Å². The van der Waals surface area contributed by atoms with Crippen LogP contribution in [0.15, 0.2) is 91.0 Å². The van der Waals surface area contributed by atoms with E-state index in [2.05, 4.69) is 0 Å². The number of fused-ring (bicyclic) bond motifs is 1. The largest absolute Gasteiger partial charge is 0.466 e. The van der Waals surface area contributed by atoms with E-state index in [-0.39, 0.29) is 13.0 Å². The number of ether oxygens (including phenoxy) is 4. The van der Waals surface area contributed by atoms with Crippen LogP contribution in [-0.2, 0) is 29.3 Å². The number of carbonyl (C=O) groups is 1. The molecule has 1 saturated carbocycles. The average Bonchev–Trinajstić information content (AvgIpc) is 3.20. The Bertz CT molecular complexity index is 1080. The molecule has 1 saturated heterocycles. The molecule has 0 aromatic heterocycles. The molecule has 6 heteroatoms. The van der Waals surface area contributed by atoms with E-state index in [1.165, 1.54) is 0 Å². The van der Waals surface area contributed by atoms with Crippen LogP contribution in [-0.4, -0.2) is 41.5 Å². The van der Waals surface area contributed by atoms with Crippen LogP contribution >= 0.6 is 0 Å².